The van der Waals surface area contributed by atoms with Gasteiger partial charge in [0.15, 0.2) is 0 Å². The average Bonchev–Trinajstić information content (AvgIpc) is 2.27. The van der Waals surface area contributed by atoms with Crippen molar-refractivity contribution in [1.82, 2.24) is 0 Å². The predicted molar refractivity (Wildman–Crippen MR) is 99.0 cm³/mol. The van der Waals surface area contributed by atoms with Crippen molar-refractivity contribution in [1.29, 1.82) is 0 Å². The summed E-state index contributed by atoms with van der Waals surface area (Å²) in [6.45, 7) is 21.9. The molecule has 132 valence electrons. The molecule has 0 aromatic heterocycles. The van der Waals surface area contributed by atoms with Gasteiger partial charge in [-0.25, -0.2) is 0 Å². The summed E-state index contributed by atoms with van der Waals surface area (Å²) in [5, 5.41) is 0. The van der Waals surface area contributed by atoms with Crippen LogP contribution in [0.15, 0.2) is 0 Å². The SMILES string of the molecule is C.C.C.C.C.CCC.CCCC.[CH-]=O.[CH2-]C.[CH2-]C.[Y].[Y]. The van der Waals surface area contributed by atoms with Gasteiger partial charge in [-0.05, 0) is 0 Å². The minimum absolute atomic E-state index is 0. The molecule has 2 radical (unpaired) electrons. The van der Waals surface area contributed by atoms with Crippen LogP contribution in [0.2, 0.25) is 0 Å². The third kappa shape index (κ3) is 855. The van der Waals surface area contributed by atoms with Crippen molar-refractivity contribution >= 4 is 6.79 Å². The van der Waals surface area contributed by atoms with E-state index in [9.17, 15) is 0 Å². The minimum atomic E-state index is 0. The Morgan fingerprint density at radius 1 is 0.600 bits per heavy atom. The van der Waals surface area contributed by atoms with Crippen molar-refractivity contribution in [3.8, 4) is 0 Å². The molecule has 0 amide bonds. The number of unbranched alkanes of at least 4 members (excludes halogenated alkanes) is 1. The standard InChI is InChI=1S/C4H10.C3H8.2C2H5.CHO.5CH4.2Y/c1-3-4-2;1-3-2;3*1-2;;;;;;;/h3-4H2,1-2H3;3H2,1-2H3;2*1H2,2H3;1H;5*1H4;;/q;;3*-1;;;;;;;. The first-order chi connectivity index (χ1) is 6.33. The summed E-state index contributed by atoms with van der Waals surface area (Å²) in [6, 6.07) is 0. The first-order valence-electron chi connectivity index (χ1n) is 4.98. The molecular weight excluding hydrogens is 398 g/mol. The fourth-order valence-electron chi connectivity index (χ4n) is 0. The smallest absolute Gasteiger partial charge is 0 e. The van der Waals surface area contributed by atoms with Gasteiger partial charge < -0.3 is 18.6 Å². The van der Waals surface area contributed by atoms with Crippen LogP contribution in [0.1, 0.15) is 97.9 Å². The largest absolute Gasteiger partial charge is 0.545 e. The van der Waals surface area contributed by atoms with Gasteiger partial charge in [0.2, 0.25) is 0 Å². The molecule has 0 aliphatic carbocycles. The fraction of sp³-hybridized carbons (Fsp3) is 0.824. The van der Waals surface area contributed by atoms with Gasteiger partial charge in [0.05, 0.1) is 0 Å². The van der Waals surface area contributed by atoms with Crippen LogP contribution in [-0.4, -0.2) is 6.79 Å². The summed E-state index contributed by atoms with van der Waals surface area (Å²) in [5.41, 5.74) is 0. The van der Waals surface area contributed by atoms with Crippen LogP contribution in [0.5, 0.6) is 0 Å². The Labute approximate surface area is 187 Å². The van der Waals surface area contributed by atoms with E-state index < -0.39 is 0 Å². The zero-order chi connectivity index (χ0) is 12.1. The summed E-state index contributed by atoms with van der Waals surface area (Å²) >= 11 is 0. The van der Waals surface area contributed by atoms with Crippen LogP contribution in [-0.2, 0) is 70.2 Å². The monoisotopic (exact) mass is 447 g/mol. The Morgan fingerprint density at radius 3 is 0.650 bits per heavy atom. The zero-order valence-electron chi connectivity index (χ0n) is 11.7. The first-order valence-corrected chi connectivity index (χ1v) is 4.98. The molecule has 0 fully saturated rings. The van der Waals surface area contributed by atoms with Crippen LogP contribution in [0.4, 0.5) is 0 Å². The number of rotatable bonds is 1. The molecule has 0 N–H and O–H groups in total. The zero-order valence-corrected chi connectivity index (χ0v) is 17.4. The molecule has 0 bridgehead atoms. The molecule has 0 aliphatic rings. The molecule has 0 rings (SSSR count). The summed E-state index contributed by atoms with van der Waals surface area (Å²) in [5.74, 6) is 0. The molecular formula is C17H49OY2-3. The minimum Gasteiger partial charge on any atom is -0.545 e. The van der Waals surface area contributed by atoms with Crippen molar-refractivity contribution in [3.63, 3.8) is 0 Å². The van der Waals surface area contributed by atoms with Crippen LogP contribution >= 0.6 is 0 Å². The third-order valence-corrected chi connectivity index (χ3v) is 0.500. The molecule has 0 unspecified atom stereocenters. The number of carbonyl (C=O) groups excluding carboxylic acids is 1. The van der Waals surface area contributed by atoms with E-state index in [-0.39, 0.29) is 103 Å². The van der Waals surface area contributed by atoms with Crippen molar-refractivity contribution in [2.45, 2.75) is 97.9 Å². The van der Waals surface area contributed by atoms with Gasteiger partial charge in [0.25, 0.3) is 0 Å². The molecule has 20 heavy (non-hydrogen) atoms. The van der Waals surface area contributed by atoms with Crippen LogP contribution in [0.25, 0.3) is 0 Å². The first kappa shape index (κ1) is 97.7. The maximum absolute atomic E-state index is 7.75. The van der Waals surface area contributed by atoms with Gasteiger partial charge in [-0.1, -0.05) is 84.1 Å². The van der Waals surface area contributed by atoms with E-state index in [1.165, 1.54) is 19.3 Å². The van der Waals surface area contributed by atoms with Gasteiger partial charge in [0, 0.05) is 65.4 Å². The van der Waals surface area contributed by atoms with Gasteiger partial charge in [0.1, 0.15) is 0 Å². The second kappa shape index (κ2) is 347. The Hall–Kier alpha value is 1.88. The molecule has 0 aromatic rings. The van der Waals surface area contributed by atoms with E-state index in [2.05, 4.69) is 48.3 Å². The second-order valence-corrected chi connectivity index (χ2v) is 1.71. The Morgan fingerprint density at radius 2 is 0.650 bits per heavy atom. The van der Waals surface area contributed by atoms with Crippen LogP contribution in [0.3, 0.4) is 0 Å². The van der Waals surface area contributed by atoms with Gasteiger partial charge in [-0.3, -0.25) is 6.79 Å². The van der Waals surface area contributed by atoms with Crippen molar-refractivity contribution in [3.05, 3.63) is 13.8 Å². The Kier molecular flexibility index (Phi) is 1690. The van der Waals surface area contributed by atoms with E-state index in [0.717, 1.165) is 0 Å². The molecule has 3 heteroatoms. The second-order valence-electron chi connectivity index (χ2n) is 1.71. The molecule has 1 nitrogen and oxygen atoms in total. The maximum Gasteiger partial charge on any atom is 0 e. The fourth-order valence-corrected chi connectivity index (χ4v) is 0. The summed E-state index contributed by atoms with van der Waals surface area (Å²) < 4.78 is 0. The molecule has 0 spiro atoms. The maximum atomic E-state index is 7.75. The van der Waals surface area contributed by atoms with Crippen molar-refractivity contribution in [2.24, 2.45) is 0 Å². The third-order valence-electron chi connectivity index (χ3n) is 0.500. The molecule has 0 saturated carbocycles. The molecule has 0 saturated heterocycles. The number of hydrogen-bond acceptors (Lipinski definition) is 1. The van der Waals surface area contributed by atoms with E-state index >= 15 is 0 Å². The van der Waals surface area contributed by atoms with Gasteiger partial charge in [-0.15, -0.1) is 0 Å². The average molecular weight is 447 g/mol. The summed E-state index contributed by atoms with van der Waals surface area (Å²) in [4.78, 5) is 7.75. The van der Waals surface area contributed by atoms with Gasteiger partial charge in [-0.2, -0.15) is 13.8 Å². The van der Waals surface area contributed by atoms with E-state index in [0.29, 0.717) is 0 Å². The molecule has 0 aliphatic heterocycles. The normalized spacial score (nSPS) is 3.20. The summed E-state index contributed by atoms with van der Waals surface area (Å²) in [7, 11) is 0. The van der Waals surface area contributed by atoms with Crippen molar-refractivity contribution < 1.29 is 70.2 Å². The van der Waals surface area contributed by atoms with E-state index in [4.69, 9.17) is 4.79 Å². The topological polar surface area (TPSA) is 17.1 Å². The summed E-state index contributed by atoms with van der Waals surface area (Å²) in [6.07, 6.45) is 3.89. The van der Waals surface area contributed by atoms with Crippen LogP contribution in [0, 0.1) is 13.8 Å². The molecule has 0 atom stereocenters. The van der Waals surface area contributed by atoms with E-state index in [1.807, 2.05) is 0 Å². The van der Waals surface area contributed by atoms with Gasteiger partial charge >= 0.3 is 0 Å². The number of hydrogen-bond donors (Lipinski definition) is 0. The van der Waals surface area contributed by atoms with E-state index in [1.54, 1.807) is 13.8 Å². The molecule has 0 aromatic carbocycles. The quantitative estimate of drug-likeness (QED) is 0.296. The van der Waals surface area contributed by atoms with Crippen LogP contribution < -0.4 is 0 Å². The Balaban J connectivity index is -0.00000000377. The predicted octanol–water partition coefficient (Wildman–Crippen LogP) is 7.80. The van der Waals surface area contributed by atoms with Crippen molar-refractivity contribution in [2.75, 3.05) is 0 Å². The Bertz CT molecular complexity index is 29.0. The molecule has 0 heterocycles.